The van der Waals surface area contributed by atoms with E-state index in [0.29, 0.717) is 32.8 Å². The van der Waals surface area contributed by atoms with Crippen LogP contribution in [0.2, 0.25) is 20.1 Å². The highest BCUT2D eigenvalue weighted by Crippen LogP contribution is 2.27. The van der Waals surface area contributed by atoms with Crippen LogP contribution in [0.5, 0.6) is 5.75 Å². The van der Waals surface area contributed by atoms with E-state index in [0.717, 1.165) is 10.5 Å². The summed E-state index contributed by atoms with van der Waals surface area (Å²) in [6.07, 6.45) is -1.14. The van der Waals surface area contributed by atoms with E-state index in [1.807, 2.05) is 0 Å². The number of hydrogen-bond acceptors (Lipinski definition) is 6. The van der Waals surface area contributed by atoms with Crippen molar-refractivity contribution in [3.05, 3.63) is 133 Å². The average molecular weight is 743 g/mol. The lowest BCUT2D eigenvalue weighted by Crippen LogP contribution is -2.46. The number of rotatable bonds is 14. The molecule has 0 aromatic heterocycles. The maximum Gasteiger partial charge on any atom is 0.261 e. The van der Waals surface area contributed by atoms with Crippen LogP contribution in [0.1, 0.15) is 44.3 Å². The minimum Gasteiger partial charge on any atom is -0.484 e. The summed E-state index contributed by atoms with van der Waals surface area (Å²) in [6, 6.07) is 24.0. The molecule has 0 fully saturated rings. The van der Waals surface area contributed by atoms with Crippen molar-refractivity contribution in [1.82, 2.24) is 15.1 Å². The molecule has 4 amide bonds. The number of halogens is 4. The number of nitrogens with zero attached hydrogens (tertiary/aromatic N) is 2. The molecular formula is C36H31Cl4N3O6. The molecule has 0 aliphatic carbocycles. The van der Waals surface area contributed by atoms with Crippen LogP contribution in [-0.2, 0) is 16.0 Å². The van der Waals surface area contributed by atoms with Crippen molar-refractivity contribution in [3.8, 4) is 5.75 Å². The van der Waals surface area contributed by atoms with E-state index in [1.54, 1.807) is 84.9 Å². The fourth-order valence-electron chi connectivity index (χ4n) is 5.43. The summed E-state index contributed by atoms with van der Waals surface area (Å²) in [5.41, 5.74) is 1.89. The zero-order valence-corrected chi connectivity index (χ0v) is 29.0. The highest BCUT2D eigenvalue weighted by Gasteiger charge is 2.36. The molecule has 1 aliphatic rings. The molecule has 1 heterocycles. The fourth-order valence-corrected chi connectivity index (χ4v) is 6.22. The van der Waals surface area contributed by atoms with Crippen LogP contribution in [0, 0.1) is 0 Å². The standard InChI is InChI=1S/C36H31Cl4N3O6/c37-24-11-10-22(29(39)18-24)14-16-42(33(46)15-17-43-35(47)26-8-4-5-9-27(26)36(43)48)20-31(44)34(23-6-2-1-3-7-23)41-32(45)21-49-25-12-13-28(38)30(40)19-25/h1-13,18-19,31,34,44H,14-17,20-21H2,(H,41,45)/t31?,34-/m0/s1. The smallest absolute Gasteiger partial charge is 0.261 e. The van der Waals surface area contributed by atoms with Crippen molar-refractivity contribution in [1.29, 1.82) is 0 Å². The molecule has 0 spiro atoms. The number of nitrogens with one attached hydrogen (secondary N) is 1. The van der Waals surface area contributed by atoms with Crippen LogP contribution in [0.3, 0.4) is 0 Å². The number of amides is 4. The summed E-state index contributed by atoms with van der Waals surface area (Å²) < 4.78 is 5.59. The summed E-state index contributed by atoms with van der Waals surface area (Å²) in [5, 5.41) is 15.9. The number of imide groups is 1. The maximum absolute atomic E-state index is 13.8. The molecule has 5 rings (SSSR count). The van der Waals surface area contributed by atoms with E-state index < -0.39 is 35.8 Å². The van der Waals surface area contributed by atoms with Crippen molar-refractivity contribution in [3.63, 3.8) is 0 Å². The Morgan fingerprint density at radius 2 is 1.49 bits per heavy atom. The van der Waals surface area contributed by atoms with Crippen LogP contribution in [0.25, 0.3) is 0 Å². The maximum atomic E-state index is 13.8. The monoisotopic (exact) mass is 741 g/mol. The van der Waals surface area contributed by atoms with Crippen molar-refractivity contribution >= 4 is 70.0 Å². The fraction of sp³-hybridized carbons (Fsp3) is 0.222. The first-order valence-electron chi connectivity index (χ1n) is 15.3. The molecule has 254 valence electrons. The van der Waals surface area contributed by atoms with E-state index in [1.165, 1.54) is 11.0 Å². The highest BCUT2D eigenvalue weighted by atomic mass is 35.5. The lowest BCUT2D eigenvalue weighted by Gasteiger charge is -2.31. The number of carbonyl (C=O) groups is 4. The zero-order chi connectivity index (χ0) is 35.1. The first-order chi connectivity index (χ1) is 23.5. The number of fused-ring (bicyclic) bond motifs is 1. The van der Waals surface area contributed by atoms with Gasteiger partial charge in [0, 0.05) is 42.2 Å². The normalized spacial score (nSPS) is 13.5. The van der Waals surface area contributed by atoms with Crippen LogP contribution in [0.15, 0.2) is 91.0 Å². The molecule has 4 aromatic carbocycles. The number of carbonyl (C=O) groups excluding carboxylic acids is 4. The highest BCUT2D eigenvalue weighted by molar-refractivity contribution is 6.42. The summed E-state index contributed by atoms with van der Waals surface area (Å²) >= 11 is 24.5. The van der Waals surface area contributed by atoms with Crippen LogP contribution in [-0.4, -0.2) is 70.9 Å². The Morgan fingerprint density at radius 3 is 2.14 bits per heavy atom. The van der Waals surface area contributed by atoms with E-state index in [4.69, 9.17) is 51.1 Å². The number of ether oxygens (including phenoxy) is 1. The third kappa shape index (κ3) is 9.12. The molecule has 13 heteroatoms. The van der Waals surface area contributed by atoms with Crippen LogP contribution < -0.4 is 10.1 Å². The largest absolute Gasteiger partial charge is 0.484 e. The van der Waals surface area contributed by atoms with E-state index in [9.17, 15) is 24.3 Å². The van der Waals surface area contributed by atoms with Gasteiger partial charge in [-0.15, -0.1) is 0 Å². The van der Waals surface area contributed by atoms with Crippen LogP contribution >= 0.6 is 46.4 Å². The first kappa shape index (κ1) is 36.2. The Labute approximate surface area is 303 Å². The molecule has 0 radical (unpaired) electrons. The van der Waals surface area contributed by atoms with Gasteiger partial charge in [-0.1, -0.05) is 94.9 Å². The molecule has 2 N–H and O–H groups in total. The predicted molar refractivity (Wildman–Crippen MR) is 188 cm³/mol. The second kappa shape index (κ2) is 16.5. The Kier molecular flexibility index (Phi) is 12.2. The van der Waals surface area contributed by atoms with Crippen LogP contribution in [0.4, 0.5) is 0 Å². The molecular weight excluding hydrogens is 712 g/mol. The Balaban J connectivity index is 1.31. The molecule has 4 aromatic rings. The summed E-state index contributed by atoms with van der Waals surface area (Å²) in [4.78, 5) is 55.2. The van der Waals surface area contributed by atoms with Gasteiger partial charge in [0.2, 0.25) is 5.91 Å². The Hall–Kier alpha value is -4.12. The molecule has 49 heavy (non-hydrogen) atoms. The second-order valence-electron chi connectivity index (χ2n) is 11.3. The van der Waals surface area contributed by atoms with Gasteiger partial charge in [-0.25, -0.2) is 0 Å². The van der Waals surface area contributed by atoms with Gasteiger partial charge in [-0.3, -0.25) is 24.1 Å². The minimum atomic E-state index is -1.28. The van der Waals surface area contributed by atoms with Gasteiger partial charge in [0.25, 0.3) is 17.7 Å². The predicted octanol–water partition coefficient (Wildman–Crippen LogP) is 6.66. The van der Waals surface area contributed by atoms with E-state index in [-0.39, 0.29) is 48.8 Å². The third-order valence-electron chi connectivity index (χ3n) is 7.97. The van der Waals surface area contributed by atoms with Gasteiger partial charge >= 0.3 is 0 Å². The molecule has 0 saturated carbocycles. The number of aliphatic hydroxyl groups is 1. The summed E-state index contributed by atoms with van der Waals surface area (Å²) in [6.45, 7) is -0.592. The van der Waals surface area contributed by atoms with Gasteiger partial charge in [0.15, 0.2) is 6.61 Å². The van der Waals surface area contributed by atoms with Gasteiger partial charge < -0.3 is 20.1 Å². The zero-order valence-electron chi connectivity index (χ0n) is 26.0. The van der Waals surface area contributed by atoms with Gasteiger partial charge in [-0.2, -0.15) is 0 Å². The number of benzene rings is 4. The molecule has 9 nitrogen and oxygen atoms in total. The summed E-state index contributed by atoms with van der Waals surface area (Å²) in [5.74, 6) is -1.56. The lowest BCUT2D eigenvalue weighted by molar-refractivity contribution is -0.133. The summed E-state index contributed by atoms with van der Waals surface area (Å²) in [7, 11) is 0. The van der Waals surface area contributed by atoms with Gasteiger partial charge in [0.1, 0.15) is 5.75 Å². The van der Waals surface area contributed by atoms with Crippen molar-refractivity contribution in [2.45, 2.75) is 25.0 Å². The Morgan fingerprint density at radius 1 is 0.816 bits per heavy atom. The van der Waals surface area contributed by atoms with Crippen molar-refractivity contribution < 1.29 is 29.0 Å². The molecule has 1 aliphatic heterocycles. The number of aliphatic hydroxyl groups excluding tert-OH is 1. The quantitative estimate of drug-likeness (QED) is 0.140. The average Bonchev–Trinajstić information content (AvgIpc) is 3.34. The third-order valence-corrected chi connectivity index (χ3v) is 9.30. The van der Waals surface area contributed by atoms with Gasteiger partial charge in [0.05, 0.1) is 33.3 Å². The van der Waals surface area contributed by atoms with Crippen molar-refractivity contribution in [2.75, 3.05) is 26.2 Å². The molecule has 0 bridgehead atoms. The van der Waals surface area contributed by atoms with Gasteiger partial charge in [-0.05, 0) is 53.9 Å². The van der Waals surface area contributed by atoms with Crippen molar-refractivity contribution in [2.24, 2.45) is 0 Å². The lowest BCUT2D eigenvalue weighted by atomic mass is 10.0. The minimum absolute atomic E-state index is 0.134. The molecule has 2 atom stereocenters. The topological polar surface area (TPSA) is 116 Å². The first-order valence-corrected chi connectivity index (χ1v) is 16.8. The Bertz CT molecular complexity index is 1820. The second-order valence-corrected chi connectivity index (χ2v) is 12.9. The molecule has 1 unspecified atom stereocenters. The number of hydrogen-bond donors (Lipinski definition) is 2. The van der Waals surface area contributed by atoms with E-state index in [2.05, 4.69) is 5.32 Å². The molecule has 0 saturated heterocycles. The SMILES string of the molecule is O=C(COc1ccc(Cl)c(Cl)c1)N[C@@H](c1ccccc1)C(O)CN(CCc1ccc(Cl)cc1Cl)C(=O)CCN1C(=O)c2ccccc2C1=O. The van der Waals surface area contributed by atoms with E-state index >= 15 is 0 Å².